The summed E-state index contributed by atoms with van der Waals surface area (Å²) in [7, 11) is 0. The first-order chi connectivity index (χ1) is 25.3. The molecule has 5 atom stereocenters. The van der Waals surface area contributed by atoms with Crippen LogP contribution < -0.4 is 54.8 Å². The SMILES string of the molecule is CC(C)[C@H](NC(=O)[C@H](CCCN=C(N)N)NC(=O)[C@@H](N)CCC(=O)O)C(=O)NCC(=O)NCC(=O)N[C@@H](CCC(=O)O)C(=O)N[C@@H](CCCCN)C(=O)O. The lowest BCUT2D eigenvalue weighted by atomic mass is 10.0. The number of hydrogen-bond acceptors (Lipinski definition) is 12. The molecule has 0 aliphatic rings. The minimum absolute atomic E-state index is 0.00463. The first-order valence-electron chi connectivity index (χ1n) is 17.2. The second kappa shape index (κ2) is 26.2. The summed E-state index contributed by atoms with van der Waals surface area (Å²) in [6, 6.07) is -6.45. The Bertz CT molecular complexity index is 1340. The number of amides is 6. The highest BCUT2D eigenvalue weighted by Gasteiger charge is 2.30. The third-order valence-corrected chi connectivity index (χ3v) is 7.56. The second-order valence-corrected chi connectivity index (χ2v) is 12.5. The fourth-order valence-corrected chi connectivity index (χ4v) is 4.57. The Morgan fingerprint density at radius 1 is 0.611 bits per heavy atom. The predicted molar refractivity (Wildman–Crippen MR) is 191 cm³/mol. The molecule has 0 saturated carbocycles. The number of aliphatic carboxylic acids is 3. The average molecular weight is 774 g/mol. The molecular weight excluding hydrogens is 718 g/mol. The van der Waals surface area contributed by atoms with Crippen LogP contribution in [0.4, 0.5) is 0 Å². The van der Waals surface area contributed by atoms with Crippen LogP contribution in [0.1, 0.15) is 71.6 Å². The minimum atomic E-state index is -1.45. The Morgan fingerprint density at radius 3 is 1.70 bits per heavy atom. The van der Waals surface area contributed by atoms with Gasteiger partial charge < -0.3 is 70.2 Å². The predicted octanol–water partition coefficient (Wildman–Crippen LogP) is -4.86. The van der Waals surface area contributed by atoms with Crippen LogP contribution >= 0.6 is 0 Å². The molecule has 0 bridgehead atoms. The fourth-order valence-electron chi connectivity index (χ4n) is 4.57. The van der Waals surface area contributed by atoms with Crippen molar-refractivity contribution in [2.75, 3.05) is 26.2 Å². The molecule has 0 aromatic heterocycles. The van der Waals surface area contributed by atoms with Crippen LogP contribution in [0.25, 0.3) is 0 Å². The number of carbonyl (C=O) groups excluding carboxylic acids is 6. The van der Waals surface area contributed by atoms with Gasteiger partial charge in [-0.25, -0.2) is 4.79 Å². The number of rotatable bonds is 28. The smallest absolute Gasteiger partial charge is 0.326 e. The summed E-state index contributed by atoms with van der Waals surface area (Å²) >= 11 is 0. The third-order valence-electron chi connectivity index (χ3n) is 7.56. The zero-order valence-electron chi connectivity index (χ0n) is 30.4. The first-order valence-corrected chi connectivity index (χ1v) is 17.2. The molecule has 0 rings (SSSR count). The number of unbranched alkanes of at least 4 members (excludes halogenated alkanes) is 1. The topological polar surface area (TPSA) is 403 Å². The molecule has 54 heavy (non-hydrogen) atoms. The molecule has 0 unspecified atom stereocenters. The molecule has 0 saturated heterocycles. The number of nitrogens with two attached hydrogens (primary N) is 4. The third kappa shape index (κ3) is 21.7. The van der Waals surface area contributed by atoms with Crippen molar-refractivity contribution in [3.8, 4) is 0 Å². The highest BCUT2D eigenvalue weighted by molar-refractivity contribution is 5.95. The summed E-state index contributed by atoms with van der Waals surface area (Å²) in [6.07, 6.45) is -0.353. The van der Waals surface area contributed by atoms with Crippen LogP contribution in [0.3, 0.4) is 0 Å². The van der Waals surface area contributed by atoms with Crippen molar-refractivity contribution in [3.63, 3.8) is 0 Å². The second-order valence-electron chi connectivity index (χ2n) is 12.5. The number of carbonyl (C=O) groups is 9. The van der Waals surface area contributed by atoms with E-state index in [1.807, 2.05) is 0 Å². The first kappa shape index (κ1) is 48.4. The van der Waals surface area contributed by atoms with Gasteiger partial charge in [0.05, 0.1) is 19.1 Å². The molecule has 23 nitrogen and oxygen atoms in total. The number of aliphatic imine (C=N–C) groups is 1. The summed E-state index contributed by atoms with van der Waals surface area (Å²) in [4.78, 5) is 114. The Kier molecular flexibility index (Phi) is 23.5. The van der Waals surface area contributed by atoms with E-state index in [1.165, 1.54) is 0 Å². The van der Waals surface area contributed by atoms with Crippen molar-refractivity contribution in [1.29, 1.82) is 0 Å². The molecule has 0 aliphatic carbocycles. The van der Waals surface area contributed by atoms with E-state index in [9.17, 15) is 48.3 Å². The van der Waals surface area contributed by atoms with Crippen LogP contribution in [-0.2, 0) is 43.2 Å². The number of guanidine groups is 1. The largest absolute Gasteiger partial charge is 0.481 e. The van der Waals surface area contributed by atoms with E-state index in [0.29, 0.717) is 19.4 Å². The van der Waals surface area contributed by atoms with Gasteiger partial charge in [0.25, 0.3) is 0 Å². The van der Waals surface area contributed by atoms with Gasteiger partial charge in [-0.05, 0) is 57.4 Å². The maximum absolute atomic E-state index is 13.3. The average Bonchev–Trinajstić information content (AvgIpc) is 3.09. The highest BCUT2D eigenvalue weighted by Crippen LogP contribution is 2.07. The maximum atomic E-state index is 13.3. The quantitative estimate of drug-likeness (QED) is 0.0201. The summed E-state index contributed by atoms with van der Waals surface area (Å²) in [6.45, 7) is 2.24. The van der Waals surface area contributed by atoms with Gasteiger partial charge in [-0.3, -0.25) is 43.3 Å². The molecule has 0 spiro atoms. The van der Waals surface area contributed by atoms with Gasteiger partial charge in [0.2, 0.25) is 35.4 Å². The summed E-state index contributed by atoms with van der Waals surface area (Å²) in [5.41, 5.74) is 21.8. The Hall–Kier alpha value is -5.58. The van der Waals surface area contributed by atoms with Crippen molar-refractivity contribution in [2.24, 2.45) is 33.8 Å². The number of carboxylic acid groups (broad SMARTS) is 3. The minimum Gasteiger partial charge on any atom is -0.481 e. The molecule has 306 valence electrons. The van der Waals surface area contributed by atoms with Crippen LogP contribution in [0.5, 0.6) is 0 Å². The van der Waals surface area contributed by atoms with E-state index in [-0.39, 0.29) is 51.0 Å². The van der Waals surface area contributed by atoms with Crippen LogP contribution in [-0.4, -0.2) is 131 Å². The van der Waals surface area contributed by atoms with Gasteiger partial charge in [0.15, 0.2) is 5.96 Å². The van der Waals surface area contributed by atoms with Crippen molar-refractivity contribution in [2.45, 2.75) is 102 Å². The van der Waals surface area contributed by atoms with Gasteiger partial charge in [-0.2, -0.15) is 0 Å². The number of nitrogens with zero attached hydrogens (tertiary/aromatic N) is 1. The lowest BCUT2D eigenvalue weighted by Crippen LogP contribution is -2.57. The lowest BCUT2D eigenvalue weighted by Gasteiger charge is -2.26. The van der Waals surface area contributed by atoms with Gasteiger partial charge in [-0.1, -0.05) is 13.8 Å². The lowest BCUT2D eigenvalue weighted by molar-refractivity contribution is -0.143. The Morgan fingerprint density at radius 2 is 1.15 bits per heavy atom. The molecule has 0 fully saturated rings. The van der Waals surface area contributed by atoms with Gasteiger partial charge in [0.1, 0.15) is 24.2 Å². The maximum Gasteiger partial charge on any atom is 0.326 e. The summed E-state index contributed by atoms with van der Waals surface area (Å²) in [5.74, 6) is -9.62. The zero-order chi connectivity index (χ0) is 41.4. The Balaban J connectivity index is 5.40. The molecule has 0 aromatic carbocycles. The van der Waals surface area contributed by atoms with Gasteiger partial charge in [0, 0.05) is 19.4 Å². The standard InChI is InChI=1S/C31H55N11O12/c1-16(2)25(42-28(51)18(7-5-13-36-31(34)35)40-26(49)17(33)8-10-23(45)46)29(52)38-14-21(43)37-15-22(44)39-19(9-11-24(47)48)27(50)41-20(30(53)54)6-3-4-12-32/h16-20,25H,3-15,32-33H2,1-2H3,(H,37,43)(H,38,52)(H,39,44)(H,40,49)(H,41,50)(H,42,51)(H,45,46)(H,47,48)(H,53,54)(H4,34,35,36)/t17-,18-,19-,20-,25-/m0/s1. The fraction of sp³-hybridized carbons (Fsp3) is 0.677. The monoisotopic (exact) mass is 773 g/mol. The van der Waals surface area contributed by atoms with E-state index in [4.69, 9.17) is 33.1 Å². The van der Waals surface area contributed by atoms with Gasteiger partial charge in [-0.15, -0.1) is 0 Å². The van der Waals surface area contributed by atoms with Crippen molar-refractivity contribution < 1.29 is 58.5 Å². The molecule has 6 amide bonds. The van der Waals surface area contributed by atoms with Crippen LogP contribution in [0.15, 0.2) is 4.99 Å². The Labute approximate surface area is 311 Å². The molecule has 23 heteroatoms. The summed E-state index contributed by atoms with van der Waals surface area (Å²) < 4.78 is 0. The summed E-state index contributed by atoms with van der Waals surface area (Å²) in [5, 5.41) is 41.4. The zero-order valence-corrected chi connectivity index (χ0v) is 30.4. The van der Waals surface area contributed by atoms with Crippen LogP contribution in [0.2, 0.25) is 0 Å². The molecule has 0 heterocycles. The molecule has 0 radical (unpaired) electrons. The molecule has 0 aliphatic heterocycles. The number of nitrogens with one attached hydrogen (secondary N) is 6. The highest BCUT2D eigenvalue weighted by atomic mass is 16.4. The van der Waals surface area contributed by atoms with E-state index >= 15 is 0 Å². The van der Waals surface area contributed by atoms with E-state index in [0.717, 1.165) is 0 Å². The van der Waals surface area contributed by atoms with Gasteiger partial charge >= 0.3 is 17.9 Å². The number of hydrogen-bond donors (Lipinski definition) is 13. The molecular formula is C31H55N11O12. The van der Waals surface area contributed by atoms with Crippen molar-refractivity contribution in [1.82, 2.24) is 31.9 Å². The van der Waals surface area contributed by atoms with Crippen molar-refractivity contribution >= 4 is 59.3 Å². The van der Waals surface area contributed by atoms with E-state index in [2.05, 4.69) is 36.9 Å². The van der Waals surface area contributed by atoms with E-state index < -0.39 is 109 Å². The normalized spacial score (nSPS) is 13.5. The molecule has 0 aromatic rings. The van der Waals surface area contributed by atoms with Crippen molar-refractivity contribution in [3.05, 3.63) is 0 Å². The van der Waals surface area contributed by atoms with E-state index in [1.54, 1.807) is 13.8 Å². The van der Waals surface area contributed by atoms with Crippen LogP contribution in [0, 0.1) is 5.92 Å². The number of carboxylic acids is 3. The molecule has 17 N–H and O–H groups in total.